The summed E-state index contributed by atoms with van der Waals surface area (Å²) in [6.45, 7) is 3.16. The molecule has 0 unspecified atom stereocenters. The third kappa shape index (κ3) is 8.83. The average Bonchev–Trinajstić information content (AvgIpc) is 2.94. The molecule has 1 aliphatic heterocycles. The Labute approximate surface area is 283 Å². The molecule has 0 amide bonds. The van der Waals surface area contributed by atoms with Crippen molar-refractivity contribution < 1.29 is 69.2 Å². The molecule has 5 atom stereocenters. The number of benzene rings is 2. The van der Waals surface area contributed by atoms with E-state index in [9.17, 15) is 32.4 Å². The number of ether oxygens (including phenoxy) is 6. The first-order valence-corrected chi connectivity index (χ1v) is 14.3. The van der Waals surface area contributed by atoms with Crippen molar-refractivity contribution in [3.63, 3.8) is 0 Å². The first-order valence-electron chi connectivity index (χ1n) is 12.9. The zero-order valence-corrected chi connectivity index (χ0v) is 27.8. The van der Waals surface area contributed by atoms with Crippen molar-refractivity contribution >= 4 is 74.8 Å². The largest absolute Gasteiger partial charge is 0.467 e. The maximum absolute atomic E-state index is 13.2. The maximum atomic E-state index is 13.2. The molecule has 1 aromatic heterocycles. The van der Waals surface area contributed by atoms with Gasteiger partial charge in [-0.2, -0.15) is 8.42 Å². The van der Waals surface area contributed by atoms with Gasteiger partial charge in [0.2, 0.25) is 12.4 Å². The SMILES string of the molecule is COC(=O)[C@H]1O[C@@H](Oc2ccc3c(=O)c(-c4ccc(OS(=O)(=O)O)cc4)coc3c2)[C@H](OC(C)=O)[C@@H](OC(C)=O)[C@@H]1OC(C)=O.[Na]. The summed E-state index contributed by atoms with van der Waals surface area (Å²) in [6, 6.07) is 9.24. The Morgan fingerprint density at radius 3 is 1.96 bits per heavy atom. The van der Waals surface area contributed by atoms with E-state index < -0.39 is 70.4 Å². The molecule has 1 saturated heterocycles. The average molecular weight is 674 g/mol. The summed E-state index contributed by atoms with van der Waals surface area (Å²) in [5.74, 6) is -3.76. The van der Waals surface area contributed by atoms with Crippen LogP contribution in [0.15, 0.2) is 57.9 Å². The minimum atomic E-state index is -4.73. The zero-order chi connectivity index (χ0) is 33.1. The molecule has 0 bridgehead atoms. The number of methoxy groups -OCH3 is 1. The second kappa shape index (κ2) is 15.1. The zero-order valence-electron chi connectivity index (χ0n) is 25.0. The predicted octanol–water partition coefficient (Wildman–Crippen LogP) is 1.33. The molecule has 0 aliphatic carbocycles. The molecule has 46 heavy (non-hydrogen) atoms. The fourth-order valence-corrected chi connectivity index (χ4v) is 4.86. The molecule has 0 spiro atoms. The second-order valence-corrected chi connectivity index (χ2v) is 10.5. The Balaban J connectivity index is 0.00000576. The Kier molecular flexibility index (Phi) is 11.9. The monoisotopic (exact) mass is 673 g/mol. The first-order chi connectivity index (χ1) is 21.2. The molecule has 18 heteroatoms. The van der Waals surface area contributed by atoms with Crippen molar-refractivity contribution in [1.82, 2.24) is 0 Å². The molecule has 1 fully saturated rings. The summed E-state index contributed by atoms with van der Waals surface area (Å²) in [7, 11) is -3.68. The molecule has 2 heterocycles. The van der Waals surface area contributed by atoms with E-state index >= 15 is 0 Å². The Morgan fingerprint density at radius 2 is 1.39 bits per heavy atom. The van der Waals surface area contributed by atoms with Gasteiger partial charge in [-0.3, -0.25) is 23.7 Å². The summed E-state index contributed by atoms with van der Waals surface area (Å²) in [4.78, 5) is 61.7. The fraction of sp³-hybridized carbons (Fsp3) is 0.321. The van der Waals surface area contributed by atoms with Crippen LogP contribution in [0.4, 0.5) is 0 Å². The molecule has 1 N–H and O–H groups in total. The molecule has 3 aromatic rings. The van der Waals surface area contributed by atoms with Crippen molar-refractivity contribution in [3.05, 3.63) is 59.0 Å². The van der Waals surface area contributed by atoms with E-state index in [0.29, 0.717) is 5.56 Å². The van der Waals surface area contributed by atoms with E-state index in [2.05, 4.69) is 4.18 Å². The molecular weight excluding hydrogens is 647 g/mol. The van der Waals surface area contributed by atoms with E-state index in [4.69, 9.17) is 37.4 Å². The molecule has 1 aliphatic rings. The summed E-state index contributed by atoms with van der Waals surface area (Å²) in [6.07, 6.45) is -6.83. The Hall–Kier alpha value is -4.00. The third-order valence-corrected chi connectivity index (χ3v) is 6.60. The van der Waals surface area contributed by atoms with Gasteiger partial charge in [-0.25, -0.2) is 4.79 Å². The number of carbonyl (C=O) groups is 4. The molecule has 241 valence electrons. The van der Waals surface area contributed by atoms with Gasteiger partial charge in [0.25, 0.3) is 0 Å². The van der Waals surface area contributed by atoms with Gasteiger partial charge in [0.15, 0.2) is 23.7 Å². The number of rotatable bonds is 9. The molecule has 1 radical (unpaired) electrons. The third-order valence-electron chi connectivity index (χ3n) is 6.20. The minimum Gasteiger partial charge on any atom is -0.467 e. The van der Waals surface area contributed by atoms with Crippen LogP contribution in [0.5, 0.6) is 11.5 Å². The van der Waals surface area contributed by atoms with Crippen LogP contribution >= 0.6 is 0 Å². The topological polar surface area (TPSA) is 217 Å². The van der Waals surface area contributed by atoms with E-state index in [1.807, 2.05) is 0 Å². The van der Waals surface area contributed by atoms with Crippen LogP contribution in [-0.2, 0) is 53.3 Å². The van der Waals surface area contributed by atoms with Crippen LogP contribution in [0, 0.1) is 0 Å². The molecular formula is C28H26NaO16S. The van der Waals surface area contributed by atoms with Crippen molar-refractivity contribution in [2.45, 2.75) is 51.5 Å². The van der Waals surface area contributed by atoms with E-state index in [1.54, 1.807) is 0 Å². The van der Waals surface area contributed by atoms with Crippen LogP contribution in [0.25, 0.3) is 22.1 Å². The van der Waals surface area contributed by atoms with Gasteiger partial charge >= 0.3 is 34.3 Å². The van der Waals surface area contributed by atoms with Crippen LogP contribution in [0.3, 0.4) is 0 Å². The van der Waals surface area contributed by atoms with Gasteiger partial charge in [0.05, 0.1) is 18.1 Å². The second-order valence-electron chi connectivity index (χ2n) is 9.46. The van der Waals surface area contributed by atoms with E-state index in [-0.39, 0.29) is 57.6 Å². The predicted molar refractivity (Wildman–Crippen MR) is 154 cm³/mol. The van der Waals surface area contributed by atoms with Gasteiger partial charge in [0.1, 0.15) is 23.3 Å². The number of hydrogen-bond acceptors (Lipinski definition) is 15. The van der Waals surface area contributed by atoms with Crippen LogP contribution in [-0.4, -0.2) is 104 Å². The normalized spacial score (nSPS) is 20.8. The van der Waals surface area contributed by atoms with Crippen LogP contribution in [0.1, 0.15) is 20.8 Å². The number of hydrogen-bond donors (Lipinski definition) is 1. The first kappa shape index (κ1) is 36.5. The van der Waals surface area contributed by atoms with Gasteiger partial charge in [-0.15, -0.1) is 0 Å². The number of carbonyl (C=O) groups excluding carboxylic acids is 4. The molecule has 16 nitrogen and oxygen atoms in total. The standard InChI is InChI=1S/C28H26O16S.Na/c1-13(29)39-23-24(40-14(2)30)26(41-15(3)31)28(43-25(23)27(33)37-4)42-18-9-10-19-21(11-18)38-12-20(22(19)32)16-5-7-17(8-6-16)44-45(34,35)36;/h5-12,23-26,28H,1-4H3,(H,34,35,36);/t23-,24-,25-,26+,28+;/m0./s1. The van der Waals surface area contributed by atoms with E-state index in [0.717, 1.165) is 34.1 Å². The van der Waals surface area contributed by atoms with Gasteiger partial charge < -0.3 is 37.0 Å². The molecule has 2 aromatic carbocycles. The van der Waals surface area contributed by atoms with Gasteiger partial charge in [0, 0.05) is 56.4 Å². The molecule has 0 saturated carbocycles. The van der Waals surface area contributed by atoms with Crippen molar-refractivity contribution in [1.29, 1.82) is 0 Å². The van der Waals surface area contributed by atoms with Gasteiger partial charge in [-0.05, 0) is 29.8 Å². The minimum absolute atomic E-state index is 0. The van der Waals surface area contributed by atoms with Gasteiger partial charge in [-0.1, -0.05) is 12.1 Å². The summed E-state index contributed by atoms with van der Waals surface area (Å²) < 4.78 is 72.9. The fourth-order valence-electron chi connectivity index (χ4n) is 4.50. The van der Waals surface area contributed by atoms with Crippen molar-refractivity contribution in [3.8, 4) is 22.6 Å². The Morgan fingerprint density at radius 1 is 0.826 bits per heavy atom. The van der Waals surface area contributed by atoms with Crippen LogP contribution in [0.2, 0.25) is 0 Å². The quantitative estimate of drug-likeness (QED) is 0.147. The smallest absolute Gasteiger partial charge is 0.446 e. The maximum Gasteiger partial charge on any atom is 0.446 e. The number of esters is 4. The summed E-state index contributed by atoms with van der Waals surface area (Å²) >= 11 is 0. The molecule has 4 rings (SSSR count). The van der Waals surface area contributed by atoms with Crippen molar-refractivity contribution in [2.75, 3.05) is 7.11 Å². The summed E-state index contributed by atoms with van der Waals surface area (Å²) in [5.41, 5.74) is 0.0390. The summed E-state index contributed by atoms with van der Waals surface area (Å²) in [5, 5.41) is 0.111. The Bertz CT molecular complexity index is 1790. The number of fused-ring (bicyclic) bond motifs is 1. The van der Waals surface area contributed by atoms with Crippen LogP contribution < -0.4 is 14.3 Å². The van der Waals surface area contributed by atoms with E-state index in [1.165, 1.54) is 42.5 Å². The van der Waals surface area contributed by atoms with Crippen molar-refractivity contribution in [2.24, 2.45) is 0 Å².